The summed E-state index contributed by atoms with van der Waals surface area (Å²) in [5.74, 6) is -0.521. The van der Waals surface area contributed by atoms with Crippen LogP contribution >= 0.6 is 0 Å². The van der Waals surface area contributed by atoms with Crippen molar-refractivity contribution < 1.29 is 23.9 Å². The first kappa shape index (κ1) is 32.0. The van der Waals surface area contributed by atoms with E-state index in [0.717, 1.165) is 48.1 Å². The van der Waals surface area contributed by atoms with E-state index in [1.165, 1.54) is 0 Å². The number of imidazole rings is 1. The maximum absolute atomic E-state index is 14.6. The third-order valence-corrected chi connectivity index (χ3v) is 8.30. The fraction of sp³-hybridized carbons (Fsp3) is 0.444. The SMILES string of the molecule is CCOC(=O)C=C1CCCC[C@@H]1n1cnc(C(=O)N2CCN(C(=O)OC(C)(C)C)C[C@H]2Cc2ccccc2)c1-c1ccccc1. The Balaban J connectivity index is 1.51. The molecule has 2 amide bonds. The molecule has 2 atom stereocenters. The van der Waals surface area contributed by atoms with Crippen molar-refractivity contribution in [3.8, 4) is 11.3 Å². The van der Waals surface area contributed by atoms with Gasteiger partial charge in [-0.05, 0) is 64.5 Å². The average molecular weight is 613 g/mol. The largest absolute Gasteiger partial charge is 0.463 e. The van der Waals surface area contributed by atoms with Crippen LogP contribution in [0, 0.1) is 0 Å². The minimum Gasteiger partial charge on any atom is -0.463 e. The van der Waals surface area contributed by atoms with Gasteiger partial charge in [0.15, 0.2) is 5.69 Å². The topological polar surface area (TPSA) is 94.0 Å². The number of carbonyl (C=O) groups is 3. The maximum atomic E-state index is 14.6. The molecule has 1 aliphatic carbocycles. The lowest BCUT2D eigenvalue weighted by Crippen LogP contribution is -2.58. The number of hydrogen-bond donors (Lipinski definition) is 0. The van der Waals surface area contributed by atoms with E-state index in [4.69, 9.17) is 14.5 Å². The van der Waals surface area contributed by atoms with Crippen LogP contribution in [-0.2, 0) is 20.7 Å². The monoisotopic (exact) mass is 612 g/mol. The van der Waals surface area contributed by atoms with Crippen LogP contribution in [0.25, 0.3) is 11.3 Å². The molecule has 1 aromatic heterocycles. The number of amides is 2. The molecule has 0 unspecified atom stereocenters. The van der Waals surface area contributed by atoms with E-state index in [0.29, 0.717) is 38.4 Å². The predicted molar refractivity (Wildman–Crippen MR) is 173 cm³/mol. The van der Waals surface area contributed by atoms with E-state index in [-0.39, 0.29) is 30.1 Å². The summed E-state index contributed by atoms with van der Waals surface area (Å²) in [7, 11) is 0. The third-order valence-electron chi connectivity index (χ3n) is 8.30. The Kier molecular flexibility index (Phi) is 10.1. The zero-order valence-electron chi connectivity index (χ0n) is 26.8. The molecule has 0 radical (unpaired) electrons. The lowest BCUT2D eigenvalue weighted by Gasteiger charge is -2.41. The highest BCUT2D eigenvalue weighted by Crippen LogP contribution is 2.38. The van der Waals surface area contributed by atoms with E-state index in [1.807, 2.05) is 86.3 Å². The van der Waals surface area contributed by atoms with E-state index in [1.54, 1.807) is 24.2 Å². The highest BCUT2D eigenvalue weighted by molar-refractivity contribution is 5.98. The molecular formula is C36H44N4O5. The molecule has 2 aromatic carbocycles. The van der Waals surface area contributed by atoms with Gasteiger partial charge in [0.2, 0.25) is 0 Å². The summed E-state index contributed by atoms with van der Waals surface area (Å²) in [4.78, 5) is 48.4. The van der Waals surface area contributed by atoms with Crippen molar-refractivity contribution in [1.29, 1.82) is 0 Å². The molecule has 2 fully saturated rings. The van der Waals surface area contributed by atoms with Crippen molar-refractivity contribution >= 4 is 18.0 Å². The predicted octanol–water partition coefficient (Wildman–Crippen LogP) is 6.46. The molecule has 1 aliphatic heterocycles. The molecule has 5 rings (SSSR count). The fourth-order valence-corrected chi connectivity index (χ4v) is 6.29. The van der Waals surface area contributed by atoms with E-state index in [9.17, 15) is 14.4 Å². The van der Waals surface area contributed by atoms with Crippen molar-refractivity contribution in [1.82, 2.24) is 19.4 Å². The fourth-order valence-electron chi connectivity index (χ4n) is 6.29. The zero-order valence-corrected chi connectivity index (χ0v) is 26.8. The van der Waals surface area contributed by atoms with Crippen LogP contribution in [0.2, 0.25) is 0 Å². The number of nitrogens with zero attached hydrogens (tertiary/aromatic N) is 4. The molecule has 238 valence electrons. The van der Waals surface area contributed by atoms with Crippen molar-refractivity contribution in [3.05, 3.63) is 89.9 Å². The number of aromatic nitrogens is 2. The first-order valence-electron chi connectivity index (χ1n) is 16.0. The summed E-state index contributed by atoms with van der Waals surface area (Å²) >= 11 is 0. The second kappa shape index (κ2) is 14.1. The normalized spacial score (nSPS) is 19.8. The van der Waals surface area contributed by atoms with Crippen LogP contribution in [0.4, 0.5) is 4.79 Å². The van der Waals surface area contributed by atoms with Crippen LogP contribution in [-0.4, -0.2) is 75.2 Å². The minimum absolute atomic E-state index is 0.114. The molecule has 0 N–H and O–H groups in total. The molecule has 9 heteroatoms. The second-order valence-corrected chi connectivity index (χ2v) is 12.7. The number of hydrogen-bond acceptors (Lipinski definition) is 6. The molecule has 1 saturated heterocycles. The van der Waals surface area contributed by atoms with Crippen molar-refractivity contribution in [2.75, 3.05) is 26.2 Å². The van der Waals surface area contributed by atoms with Gasteiger partial charge in [-0.3, -0.25) is 4.79 Å². The Morgan fingerprint density at radius 1 is 0.978 bits per heavy atom. The second-order valence-electron chi connectivity index (χ2n) is 12.7. The average Bonchev–Trinajstić information content (AvgIpc) is 3.46. The van der Waals surface area contributed by atoms with Crippen LogP contribution in [0.5, 0.6) is 0 Å². The quantitative estimate of drug-likeness (QED) is 0.225. The van der Waals surface area contributed by atoms with Crippen molar-refractivity contribution in [3.63, 3.8) is 0 Å². The summed E-state index contributed by atoms with van der Waals surface area (Å²) in [6.07, 6.45) is 7.19. The number of ether oxygens (including phenoxy) is 2. The smallest absolute Gasteiger partial charge is 0.410 e. The van der Waals surface area contributed by atoms with Crippen molar-refractivity contribution in [2.45, 2.75) is 77.5 Å². The molecular weight excluding hydrogens is 568 g/mol. The van der Waals surface area contributed by atoms with Crippen LogP contribution in [0.15, 0.2) is 78.6 Å². The van der Waals surface area contributed by atoms with E-state index in [2.05, 4.69) is 4.57 Å². The summed E-state index contributed by atoms with van der Waals surface area (Å²) in [5, 5.41) is 0. The van der Waals surface area contributed by atoms with Crippen LogP contribution in [0.3, 0.4) is 0 Å². The lowest BCUT2D eigenvalue weighted by molar-refractivity contribution is -0.137. The van der Waals surface area contributed by atoms with Gasteiger partial charge in [0.1, 0.15) is 5.60 Å². The molecule has 9 nitrogen and oxygen atoms in total. The van der Waals surface area contributed by atoms with Gasteiger partial charge in [0.05, 0.1) is 30.7 Å². The van der Waals surface area contributed by atoms with E-state index >= 15 is 0 Å². The standard InChI is InChI=1S/C36H44N4O5/c1-5-44-31(41)23-28-18-12-13-19-30(28)40-25-37-32(33(40)27-16-10-7-11-17-27)34(42)39-21-20-38(35(43)45-36(2,3)4)24-29(39)22-26-14-8-6-9-15-26/h6-11,14-17,23,25,29-30H,5,12-13,18-22,24H2,1-4H3/t29-,30+/m1/s1. The molecule has 45 heavy (non-hydrogen) atoms. The summed E-state index contributed by atoms with van der Waals surface area (Å²) in [6, 6.07) is 19.5. The Bertz CT molecular complexity index is 1510. The Morgan fingerprint density at radius 2 is 1.69 bits per heavy atom. The molecule has 2 heterocycles. The zero-order chi connectivity index (χ0) is 32.0. The first-order valence-corrected chi connectivity index (χ1v) is 16.0. The van der Waals surface area contributed by atoms with Gasteiger partial charge in [-0.25, -0.2) is 14.6 Å². The number of carbonyl (C=O) groups excluding carboxylic acids is 3. The molecule has 0 spiro atoms. The molecule has 0 bridgehead atoms. The van der Waals surface area contributed by atoms with Crippen LogP contribution in [0.1, 0.15) is 75.5 Å². The number of benzene rings is 2. The number of rotatable bonds is 7. The van der Waals surface area contributed by atoms with Gasteiger partial charge in [-0.15, -0.1) is 0 Å². The number of esters is 1. The van der Waals surface area contributed by atoms with E-state index < -0.39 is 5.60 Å². The van der Waals surface area contributed by atoms with Gasteiger partial charge in [-0.2, -0.15) is 0 Å². The maximum Gasteiger partial charge on any atom is 0.410 e. The highest BCUT2D eigenvalue weighted by atomic mass is 16.6. The van der Waals surface area contributed by atoms with Gasteiger partial charge < -0.3 is 23.8 Å². The van der Waals surface area contributed by atoms with Gasteiger partial charge in [0, 0.05) is 31.3 Å². The summed E-state index contributed by atoms with van der Waals surface area (Å²) in [6.45, 7) is 8.75. The molecule has 1 saturated carbocycles. The molecule has 3 aromatic rings. The number of piperazine rings is 1. The number of allylic oxidation sites excluding steroid dienone is 1. The van der Waals surface area contributed by atoms with Gasteiger partial charge in [-0.1, -0.05) is 67.1 Å². The third kappa shape index (κ3) is 7.82. The first-order chi connectivity index (χ1) is 21.6. The lowest BCUT2D eigenvalue weighted by atomic mass is 9.89. The van der Waals surface area contributed by atoms with Crippen molar-refractivity contribution in [2.24, 2.45) is 0 Å². The Labute approximate surface area is 265 Å². The molecule has 2 aliphatic rings. The summed E-state index contributed by atoms with van der Waals surface area (Å²) in [5.41, 5.74) is 3.43. The van der Waals surface area contributed by atoms with Crippen LogP contribution < -0.4 is 0 Å². The minimum atomic E-state index is -0.615. The summed E-state index contributed by atoms with van der Waals surface area (Å²) < 4.78 is 13.0. The Morgan fingerprint density at radius 3 is 2.38 bits per heavy atom. The van der Waals surface area contributed by atoms with Gasteiger partial charge >= 0.3 is 12.1 Å². The Hall–Kier alpha value is -4.40. The van der Waals surface area contributed by atoms with Gasteiger partial charge in [0.25, 0.3) is 5.91 Å². The highest BCUT2D eigenvalue weighted by Gasteiger charge is 2.37.